The van der Waals surface area contributed by atoms with Crippen LogP contribution in [-0.4, -0.2) is 17.0 Å². The molecule has 5 heteroatoms. The third-order valence-electron chi connectivity index (χ3n) is 2.28. The lowest BCUT2D eigenvalue weighted by Crippen LogP contribution is -2.14. The van der Waals surface area contributed by atoms with Crippen LogP contribution >= 0.6 is 0 Å². The van der Waals surface area contributed by atoms with Gasteiger partial charge in [0.1, 0.15) is 5.82 Å². The summed E-state index contributed by atoms with van der Waals surface area (Å²) in [5, 5.41) is 10.9. The molecule has 0 aliphatic rings. The number of halogens is 1. The minimum atomic E-state index is -1.10. The molecule has 1 amide bonds. The van der Waals surface area contributed by atoms with Crippen LogP contribution in [0.1, 0.15) is 25.8 Å². The van der Waals surface area contributed by atoms with Gasteiger partial charge in [-0.1, -0.05) is 19.9 Å². The molecular weight excluding hydrogens is 249 g/mol. The summed E-state index contributed by atoms with van der Waals surface area (Å²) < 4.78 is 13.7. The van der Waals surface area contributed by atoms with Crippen molar-refractivity contribution in [1.82, 2.24) is 0 Å². The minimum absolute atomic E-state index is 0.0955. The molecule has 4 nitrogen and oxygen atoms in total. The number of carbonyl (C=O) groups excluding carboxylic acids is 1. The SMILES string of the molecule is CC(C)CC(=O)Nc1ccc(C=CC(=O)O)cc1F. The largest absolute Gasteiger partial charge is 0.478 e. The van der Waals surface area contributed by atoms with Crippen LogP contribution in [0, 0.1) is 11.7 Å². The van der Waals surface area contributed by atoms with Gasteiger partial charge in [-0.3, -0.25) is 4.79 Å². The average molecular weight is 265 g/mol. The van der Waals surface area contributed by atoms with E-state index in [2.05, 4.69) is 5.32 Å². The number of nitrogens with one attached hydrogen (secondary N) is 1. The van der Waals surface area contributed by atoms with E-state index in [1.165, 1.54) is 24.3 Å². The summed E-state index contributed by atoms with van der Waals surface area (Å²) in [6, 6.07) is 4.12. The van der Waals surface area contributed by atoms with E-state index >= 15 is 0 Å². The van der Waals surface area contributed by atoms with Crippen molar-refractivity contribution in [2.45, 2.75) is 20.3 Å². The smallest absolute Gasteiger partial charge is 0.328 e. The molecule has 1 rings (SSSR count). The quantitative estimate of drug-likeness (QED) is 0.804. The molecule has 0 aromatic heterocycles. The molecule has 19 heavy (non-hydrogen) atoms. The molecule has 2 N–H and O–H groups in total. The van der Waals surface area contributed by atoms with Crippen molar-refractivity contribution in [1.29, 1.82) is 0 Å². The molecule has 0 spiro atoms. The summed E-state index contributed by atoms with van der Waals surface area (Å²) >= 11 is 0. The van der Waals surface area contributed by atoms with Gasteiger partial charge in [-0.05, 0) is 29.7 Å². The van der Waals surface area contributed by atoms with E-state index in [1.54, 1.807) is 0 Å². The maximum Gasteiger partial charge on any atom is 0.328 e. The highest BCUT2D eigenvalue weighted by Gasteiger charge is 2.08. The maximum absolute atomic E-state index is 13.7. The summed E-state index contributed by atoms with van der Waals surface area (Å²) in [6.07, 6.45) is 2.52. The van der Waals surface area contributed by atoms with E-state index in [1.807, 2.05) is 13.8 Å². The highest BCUT2D eigenvalue weighted by atomic mass is 19.1. The van der Waals surface area contributed by atoms with Gasteiger partial charge in [0.2, 0.25) is 5.91 Å². The number of anilines is 1. The van der Waals surface area contributed by atoms with Gasteiger partial charge in [-0.15, -0.1) is 0 Å². The van der Waals surface area contributed by atoms with E-state index in [4.69, 9.17) is 5.11 Å². The Morgan fingerprint density at radius 3 is 2.63 bits per heavy atom. The fourth-order valence-electron chi connectivity index (χ4n) is 1.48. The molecule has 1 aromatic rings. The summed E-state index contributed by atoms with van der Waals surface area (Å²) in [7, 11) is 0. The predicted molar refractivity (Wildman–Crippen MR) is 71.2 cm³/mol. The van der Waals surface area contributed by atoms with E-state index in [0.29, 0.717) is 12.0 Å². The van der Waals surface area contributed by atoms with Gasteiger partial charge < -0.3 is 10.4 Å². The zero-order chi connectivity index (χ0) is 14.4. The van der Waals surface area contributed by atoms with Gasteiger partial charge in [-0.2, -0.15) is 0 Å². The third-order valence-corrected chi connectivity index (χ3v) is 2.28. The number of rotatable bonds is 5. The summed E-state index contributed by atoms with van der Waals surface area (Å²) in [5.74, 6) is -1.75. The van der Waals surface area contributed by atoms with E-state index in [-0.39, 0.29) is 17.5 Å². The Morgan fingerprint density at radius 2 is 2.11 bits per heavy atom. The topological polar surface area (TPSA) is 66.4 Å². The van der Waals surface area contributed by atoms with Gasteiger partial charge in [0.05, 0.1) is 5.69 Å². The van der Waals surface area contributed by atoms with Gasteiger partial charge >= 0.3 is 5.97 Å². The first kappa shape index (κ1) is 14.9. The lowest BCUT2D eigenvalue weighted by Gasteiger charge is -2.08. The normalized spacial score (nSPS) is 10.9. The second-order valence-corrected chi connectivity index (χ2v) is 4.56. The molecule has 0 unspecified atom stereocenters. The fourth-order valence-corrected chi connectivity index (χ4v) is 1.48. The highest BCUT2D eigenvalue weighted by molar-refractivity contribution is 5.91. The van der Waals surface area contributed by atoms with Crippen LogP contribution < -0.4 is 5.32 Å². The third kappa shape index (κ3) is 5.33. The Kier molecular flexibility index (Phi) is 5.23. The van der Waals surface area contributed by atoms with Crippen molar-refractivity contribution in [3.8, 4) is 0 Å². The average Bonchev–Trinajstić information content (AvgIpc) is 2.28. The number of carboxylic acid groups (broad SMARTS) is 1. The lowest BCUT2D eigenvalue weighted by atomic mass is 10.1. The Bertz CT molecular complexity index is 509. The number of carboxylic acids is 1. The molecule has 102 valence electrons. The number of benzene rings is 1. The molecule has 0 aliphatic heterocycles. The van der Waals surface area contributed by atoms with Gasteiger partial charge in [-0.25, -0.2) is 9.18 Å². The monoisotopic (exact) mass is 265 g/mol. The molecule has 0 aliphatic carbocycles. The first-order chi connectivity index (χ1) is 8.88. The number of amides is 1. The summed E-state index contributed by atoms with van der Waals surface area (Å²) in [4.78, 5) is 21.8. The standard InChI is InChI=1S/C14H16FNO3/c1-9(2)7-13(17)16-12-5-3-10(8-11(12)15)4-6-14(18)19/h3-6,8-9H,7H2,1-2H3,(H,16,17)(H,18,19). The fraction of sp³-hybridized carbons (Fsp3) is 0.286. The van der Waals surface area contributed by atoms with Crippen LogP contribution in [0.5, 0.6) is 0 Å². The molecule has 1 aromatic carbocycles. The highest BCUT2D eigenvalue weighted by Crippen LogP contribution is 2.17. The van der Waals surface area contributed by atoms with Crippen molar-refractivity contribution >= 4 is 23.6 Å². The number of carbonyl (C=O) groups is 2. The molecular formula is C14H16FNO3. The summed E-state index contributed by atoms with van der Waals surface area (Å²) in [6.45, 7) is 3.80. The van der Waals surface area contributed by atoms with Crippen LogP contribution in [0.3, 0.4) is 0 Å². The first-order valence-electron chi connectivity index (χ1n) is 5.89. The molecule has 0 bridgehead atoms. The maximum atomic E-state index is 13.7. The zero-order valence-electron chi connectivity index (χ0n) is 10.8. The Balaban J connectivity index is 2.77. The number of hydrogen-bond acceptors (Lipinski definition) is 2. The van der Waals surface area contributed by atoms with Crippen LogP contribution in [0.25, 0.3) is 6.08 Å². The van der Waals surface area contributed by atoms with Crippen molar-refractivity contribution in [2.24, 2.45) is 5.92 Å². The summed E-state index contributed by atoms with van der Waals surface area (Å²) in [5.41, 5.74) is 0.514. The van der Waals surface area contributed by atoms with E-state index in [0.717, 1.165) is 6.08 Å². The van der Waals surface area contributed by atoms with Crippen LogP contribution in [0.2, 0.25) is 0 Å². The molecule has 0 atom stereocenters. The number of aliphatic carboxylic acids is 1. The van der Waals surface area contributed by atoms with Crippen LogP contribution in [-0.2, 0) is 9.59 Å². The van der Waals surface area contributed by atoms with Crippen molar-refractivity contribution in [2.75, 3.05) is 5.32 Å². The van der Waals surface area contributed by atoms with Crippen LogP contribution in [0.15, 0.2) is 24.3 Å². The lowest BCUT2D eigenvalue weighted by molar-refractivity contribution is -0.131. The zero-order valence-corrected chi connectivity index (χ0v) is 10.8. The van der Waals surface area contributed by atoms with E-state index in [9.17, 15) is 14.0 Å². The molecule has 0 saturated carbocycles. The molecule has 0 fully saturated rings. The van der Waals surface area contributed by atoms with Gasteiger partial charge in [0.25, 0.3) is 0 Å². The van der Waals surface area contributed by atoms with Crippen LogP contribution in [0.4, 0.5) is 10.1 Å². The Hall–Kier alpha value is -2.17. The Labute approximate surface area is 110 Å². The molecule has 0 heterocycles. The van der Waals surface area contributed by atoms with Crippen molar-refractivity contribution in [3.63, 3.8) is 0 Å². The first-order valence-corrected chi connectivity index (χ1v) is 5.89. The Morgan fingerprint density at radius 1 is 1.42 bits per heavy atom. The minimum Gasteiger partial charge on any atom is -0.478 e. The van der Waals surface area contributed by atoms with Crippen molar-refractivity contribution < 1.29 is 19.1 Å². The van der Waals surface area contributed by atoms with Gasteiger partial charge in [0.15, 0.2) is 0 Å². The molecule has 0 saturated heterocycles. The second-order valence-electron chi connectivity index (χ2n) is 4.56. The predicted octanol–water partition coefficient (Wildman–Crippen LogP) is 2.91. The van der Waals surface area contributed by atoms with E-state index < -0.39 is 11.8 Å². The molecule has 0 radical (unpaired) electrons. The van der Waals surface area contributed by atoms with Crippen molar-refractivity contribution in [3.05, 3.63) is 35.7 Å². The number of hydrogen-bond donors (Lipinski definition) is 2. The second kappa shape index (κ2) is 6.68. The van der Waals surface area contributed by atoms with Gasteiger partial charge in [0, 0.05) is 12.5 Å².